The molecule has 0 N–H and O–H groups in total. The van der Waals surface area contributed by atoms with Gasteiger partial charge in [0.15, 0.2) is 0 Å². The second-order valence-corrected chi connectivity index (χ2v) is 2.56. The van der Waals surface area contributed by atoms with Gasteiger partial charge in [-0.15, -0.1) is 0 Å². The van der Waals surface area contributed by atoms with E-state index in [1.54, 1.807) is 0 Å². The van der Waals surface area contributed by atoms with Crippen molar-refractivity contribution in [1.82, 2.24) is 4.37 Å². The van der Waals surface area contributed by atoms with Crippen LogP contribution in [0.3, 0.4) is 0 Å². The Labute approximate surface area is 54.3 Å². The van der Waals surface area contributed by atoms with E-state index >= 15 is 0 Å². The van der Waals surface area contributed by atoms with Crippen LogP contribution in [0.1, 0.15) is 11.3 Å². The van der Waals surface area contributed by atoms with E-state index < -0.39 is 0 Å². The Morgan fingerprint density at radius 1 is 1.50 bits per heavy atom. The molecule has 8 heavy (non-hydrogen) atoms. The van der Waals surface area contributed by atoms with Gasteiger partial charge in [0.25, 0.3) is 0 Å². The number of nitrogens with zero attached hydrogens (tertiary/aromatic N) is 1. The maximum absolute atomic E-state index is 5.50. The molecule has 0 atom stereocenters. The third-order valence-electron chi connectivity index (χ3n) is 1.19. The summed E-state index contributed by atoms with van der Waals surface area (Å²) in [5, 5.41) is 0. The van der Waals surface area contributed by atoms with E-state index in [0.717, 1.165) is 16.0 Å². The second kappa shape index (κ2) is 1.90. The molecule has 0 aliphatic rings. The molecule has 1 heterocycles. The highest BCUT2D eigenvalue weighted by atomic mass is 32.1. The summed E-state index contributed by atoms with van der Waals surface area (Å²) >= 11 is 1.36. The maximum atomic E-state index is 5.50. The molecular weight excluding hydrogens is 117 g/mol. The van der Waals surface area contributed by atoms with Crippen LogP contribution in [-0.4, -0.2) is 12.2 Å². The molecule has 0 aliphatic heterocycles. The van der Waals surface area contributed by atoms with Crippen LogP contribution in [0.5, 0.6) is 0 Å². The molecule has 40 valence electrons. The van der Waals surface area contributed by atoms with E-state index in [0.29, 0.717) is 0 Å². The Bertz CT molecular complexity index is 175. The normalized spacial score (nSPS) is 9.75. The lowest BCUT2D eigenvalue weighted by atomic mass is 10.0. The zero-order chi connectivity index (χ0) is 6.15. The lowest BCUT2D eigenvalue weighted by molar-refractivity contribution is 1.28. The monoisotopic (exact) mass is 123 g/mol. The van der Waals surface area contributed by atoms with Crippen molar-refractivity contribution in [2.45, 2.75) is 13.8 Å². The first-order valence-electron chi connectivity index (χ1n) is 2.40. The van der Waals surface area contributed by atoms with Crippen molar-refractivity contribution in [2.75, 3.05) is 0 Å². The van der Waals surface area contributed by atoms with Gasteiger partial charge in [-0.25, -0.2) is 0 Å². The Balaban J connectivity index is 3.19. The molecular formula is C5H6BNS. The van der Waals surface area contributed by atoms with Gasteiger partial charge in [0, 0.05) is 0 Å². The molecule has 1 aromatic heterocycles. The van der Waals surface area contributed by atoms with Crippen molar-refractivity contribution < 1.29 is 0 Å². The minimum Gasteiger partial charge on any atom is -0.198 e. The van der Waals surface area contributed by atoms with Crippen LogP contribution >= 0.6 is 11.5 Å². The molecule has 1 aromatic rings. The van der Waals surface area contributed by atoms with Crippen molar-refractivity contribution in [3.8, 4) is 0 Å². The summed E-state index contributed by atoms with van der Waals surface area (Å²) in [6.07, 6.45) is 0. The Morgan fingerprint density at radius 2 is 2.12 bits per heavy atom. The summed E-state index contributed by atoms with van der Waals surface area (Å²) in [4.78, 5) is 0. The average molecular weight is 123 g/mol. The summed E-state index contributed by atoms with van der Waals surface area (Å²) < 4.78 is 4.87. The van der Waals surface area contributed by atoms with Crippen molar-refractivity contribution in [1.29, 1.82) is 0 Å². The molecule has 0 amide bonds. The van der Waals surface area contributed by atoms with Gasteiger partial charge in [-0.05, 0) is 24.2 Å². The van der Waals surface area contributed by atoms with Gasteiger partial charge in [0.05, 0.1) is 5.69 Å². The molecule has 0 bridgehead atoms. The SMILES string of the molecule is [B]c1snc(C)c1C. The summed E-state index contributed by atoms with van der Waals surface area (Å²) in [6, 6.07) is 0. The molecule has 0 unspecified atom stereocenters. The molecule has 3 heteroatoms. The van der Waals surface area contributed by atoms with Gasteiger partial charge in [0.2, 0.25) is 0 Å². The predicted octanol–water partition coefficient (Wildman–Crippen LogP) is 0.554. The quantitative estimate of drug-likeness (QED) is 0.459. The fraction of sp³-hybridized carbons (Fsp3) is 0.400. The lowest BCUT2D eigenvalue weighted by Gasteiger charge is -1.84. The predicted molar refractivity (Wildman–Crippen MR) is 37.0 cm³/mol. The molecule has 1 rings (SSSR count). The van der Waals surface area contributed by atoms with E-state index in [4.69, 9.17) is 7.85 Å². The van der Waals surface area contributed by atoms with Crippen LogP contribution in [0.2, 0.25) is 0 Å². The van der Waals surface area contributed by atoms with Crippen LogP contribution in [0.15, 0.2) is 0 Å². The molecule has 0 fully saturated rings. The van der Waals surface area contributed by atoms with Crippen molar-refractivity contribution in [3.05, 3.63) is 11.3 Å². The zero-order valence-corrected chi connectivity index (χ0v) is 5.75. The third kappa shape index (κ3) is 0.779. The van der Waals surface area contributed by atoms with Crippen LogP contribution in [0, 0.1) is 13.8 Å². The summed E-state index contributed by atoms with van der Waals surface area (Å²) in [7, 11) is 5.50. The number of aromatic nitrogens is 1. The van der Waals surface area contributed by atoms with E-state index in [1.165, 1.54) is 11.5 Å². The van der Waals surface area contributed by atoms with E-state index in [1.807, 2.05) is 13.8 Å². The number of rotatable bonds is 0. The van der Waals surface area contributed by atoms with Gasteiger partial charge < -0.3 is 0 Å². The Hall–Kier alpha value is -0.305. The largest absolute Gasteiger partial charge is 0.198 e. The fourth-order valence-corrected chi connectivity index (χ4v) is 1.09. The summed E-state index contributed by atoms with van der Waals surface area (Å²) in [5.74, 6) is 0. The second-order valence-electron chi connectivity index (χ2n) is 1.76. The van der Waals surface area contributed by atoms with Gasteiger partial charge in [-0.1, -0.05) is 11.5 Å². The number of hydrogen-bond acceptors (Lipinski definition) is 2. The molecule has 0 saturated carbocycles. The van der Waals surface area contributed by atoms with Crippen molar-refractivity contribution in [3.63, 3.8) is 0 Å². The summed E-state index contributed by atoms with van der Waals surface area (Å²) in [5.41, 5.74) is 2.17. The minimum atomic E-state index is 0.836. The zero-order valence-electron chi connectivity index (χ0n) is 4.93. The van der Waals surface area contributed by atoms with Crippen molar-refractivity contribution >= 4 is 24.2 Å². The first-order chi connectivity index (χ1) is 3.72. The fourth-order valence-electron chi connectivity index (χ4n) is 0.433. The highest BCUT2D eigenvalue weighted by Crippen LogP contribution is 2.01. The smallest absolute Gasteiger partial charge is 0.131 e. The van der Waals surface area contributed by atoms with Gasteiger partial charge in [-0.3, -0.25) is 0 Å². The highest BCUT2D eigenvalue weighted by Gasteiger charge is 1.97. The first-order valence-corrected chi connectivity index (χ1v) is 3.17. The Morgan fingerprint density at radius 3 is 2.25 bits per heavy atom. The molecule has 0 saturated heterocycles. The van der Waals surface area contributed by atoms with Crippen LogP contribution in [-0.2, 0) is 0 Å². The Kier molecular flexibility index (Phi) is 1.38. The molecule has 2 radical (unpaired) electrons. The van der Waals surface area contributed by atoms with E-state index in [9.17, 15) is 0 Å². The summed E-state index contributed by atoms with van der Waals surface area (Å²) in [6.45, 7) is 3.94. The van der Waals surface area contributed by atoms with Crippen LogP contribution < -0.4 is 4.78 Å². The minimum absolute atomic E-state index is 0.836. The van der Waals surface area contributed by atoms with Gasteiger partial charge in [-0.2, -0.15) is 4.37 Å². The van der Waals surface area contributed by atoms with Crippen LogP contribution in [0.25, 0.3) is 0 Å². The van der Waals surface area contributed by atoms with Gasteiger partial charge >= 0.3 is 0 Å². The number of hydrogen-bond donors (Lipinski definition) is 0. The lowest BCUT2D eigenvalue weighted by Crippen LogP contribution is -1.98. The van der Waals surface area contributed by atoms with E-state index in [-0.39, 0.29) is 0 Å². The van der Waals surface area contributed by atoms with E-state index in [2.05, 4.69) is 4.37 Å². The first kappa shape index (κ1) is 5.82. The molecule has 1 nitrogen and oxygen atoms in total. The average Bonchev–Trinajstić information content (AvgIpc) is 1.98. The number of aryl methyl sites for hydroxylation is 1. The maximum Gasteiger partial charge on any atom is 0.131 e. The molecule has 0 aromatic carbocycles. The van der Waals surface area contributed by atoms with Crippen molar-refractivity contribution in [2.24, 2.45) is 0 Å². The molecule has 0 spiro atoms. The standard InChI is InChI=1S/C5H6BNS/c1-3-4(2)7-8-5(3)6/h1-2H3. The topological polar surface area (TPSA) is 12.9 Å². The van der Waals surface area contributed by atoms with Gasteiger partial charge in [0.1, 0.15) is 7.85 Å². The third-order valence-corrected chi connectivity index (χ3v) is 2.06. The van der Waals surface area contributed by atoms with Crippen LogP contribution in [0.4, 0.5) is 0 Å². The highest BCUT2D eigenvalue weighted by molar-refractivity contribution is 7.15. The molecule has 0 aliphatic carbocycles.